The second kappa shape index (κ2) is 5.51. The predicted molar refractivity (Wildman–Crippen MR) is 67.6 cm³/mol. The average Bonchev–Trinajstić information content (AvgIpc) is 2.76. The van der Waals surface area contributed by atoms with E-state index in [0.717, 1.165) is 16.9 Å². The lowest BCUT2D eigenvalue weighted by Crippen LogP contribution is -2.07. The largest absolute Gasteiger partial charge is 0.454 e. The van der Waals surface area contributed by atoms with E-state index in [9.17, 15) is 0 Å². The molecular weight excluding hydrogens is 282 g/mol. The van der Waals surface area contributed by atoms with Crippen molar-refractivity contribution in [2.75, 3.05) is 11.9 Å². The van der Waals surface area contributed by atoms with Crippen molar-refractivity contribution in [1.82, 2.24) is 4.98 Å². The zero-order valence-corrected chi connectivity index (χ0v) is 10.6. The summed E-state index contributed by atoms with van der Waals surface area (Å²) >= 11 is 3.25. The Bertz CT molecular complexity index is 545. The molecule has 0 saturated carbocycles. The molecule has 0 aliphatic heterocycles. The van der Waals surface area contributed by atoms with Gasteiger partial charge in [0.05, 0.1) is 5.56 Å². The van der Waals surface area contributed by atoms with E-state index in [1.54, 1.807) is 18.3 Å². The Kier molecular flexibility index (Phi) is 3.78. The third-order valence-electron chi connectivity index (χ3n) is 2.22. The van der Waals surface area contributed by atoms with Crippen LogP contribution in [0.25, 0.3) is 0 Å². The lowest BCUT2D eigenvalue weighted by atomic mass is 10.2. The number of rotatable bonds is 4. The molecule has 0 amide bonds. The van der Waals surface area contributed by atoms with Gasteiger partial charge in [-0.1, -0.05) is 0 Å². The molecule has 0 fully saturated rings. The van der Waals surface area contributed by atoms with Gasteiger partial charge in [0, 0.05) is 19.2 Å². The summed E-state index contributed by atoms with van der Waals surface area (Å²) in [6, 6.07) is 9.34. The summed E-state index contributed by atoms with van der Waals surface area (Å²) in [5.41, 5.74) is 0.549. The number of hydrogen-bond acceptors (Lipinski definition) is 4. The Hall–Kier alpha value is -1.80. The summed E-state index contributed by atoms with van der Waals surface area (Å²) in [7, 11) is 0. The fourth-order valence-electron chi connectivity index (χ4n) is 1.43. The van der Waals surface area contributed by atoms with Crippen LogP contribution in [0.2, 0.25) is 0 Å². The zero-order chi connectivity index (χ0) is 12.1. The van der Waals surface area contributed by atoms with Gasteiger partial charge < -0.3 is 9.73 Å². The van der Waals surface area contributed by atoms with Crippen molar-refractivity contribution in [1.29, 1.82) is 5.26 Å². The van der Waals surface area contributed by atoms with Crippen molar-refractivity contribution >= 4 is 21.7 Å². The Morgan fingerprint density at radius 1 is 1.41 bits per heavy atom. The molecule has 0 aliphatic rings. The highest BCUT2D eigenvalue weighted by Crippen LogP contribution is 2.15. The predicted octanol–water partition coefficient (Wildman–Crippen LogP) is 2.96. The number of halogens is 1. The van der Waals surface area contributed by atoms with Crippen LogP contribution in [0.4, 0.5) is 5.82 Å². The topological polar surface area (TPSA) is 61.9 Å². The smallest absolute Gasteiger partial charge is 0.169 e. The number of furan rings is 1. The van der Waals surface area contributed by atoms with Gasteiger partial charge >= 0.3 is 0 Å². The Labute approximate surface area is 107 Å². The number of pyridine rings is 1. The number of aromatic nitrogens is 1. The molecule has 0 saturated heterocycles. The van der Waals surface area contributed by atoms with Gasteiger partial charge in [0.25, 0.3) is 0 Å². The first-order valence-electron chi connectivity index (χ1n) is 5.13. The summed E-state index contributed by atoms with van der Waals surface area (Å²) in [5, 5.41) is 12.0. The van der Waals surface area contributed by atoms with Crippen LogP contribution in [0, 0.1) is 11.3 Å². The minimum absolute atomic E-state index is 0.549. The highest BCUT2D eigenvalue weighted by Gasteiger charge is 2.03. The molecule has 5 heteroatoms. The third kappa shape index (κ3) is 3.08. The molecule has 2 heterocycles. The first kappa shape index (κ1) is 11.7. The molecular formula is C12H10BrN3O. The van der Waals surface area contributed by atoms with E-state index < -0.39 is 0 Å². The molecule has 86 valence electrons. The van der Waals surface area contributed by atoms with E-state index >= 15 is 0 Å². The van der Waals surface area contributed by atoms with E-state index in [4.69, 9.17) is 9.68 Å². The van der Waals surface area contributed by atoms with Gasteiger partial charge in [-0.05, 0) is 40.2 Å². The van der Waals surface area contributed by atoms with Crippen LogP contribution in [0.3, 0.4) is 0 Å². The molecule has 0 radical (unpaired) electrons. The molecule has 0 aromatic carbocycles. The number of nitrogens with zero attached hydrogens (tertiary/aromatic N) is 2. The summed E-state index contributed by atoms with van der Waals surface area (Å²) in [6.07, 6.45) is 2.40. The fraction of sp³-hybridized carbons (Fsp3) is 0.167. The average molecular weight is 292 g/mol. The molecule has 4 nitrogen and oxygen atoms in total. The van der Waals surface area contributed by atoms with Crippen LogP contribution in [0.1, 0.15) is 11.3 Å². The standard InChI is InChI=1S/C12H10BrN3O/c13-11-4-3-10(17-11)5-7-16-12-9(8-14)2-1-6-15-12/h1-4,6H,5,7H2,(H,15,16). The fourth-order valence-corrected chi connectivity index (χ4v) is 1.77. The summed E-state index contributed by atoms with van der Waals surface area (Å²) in [5.74, 6) is 1.50. The molecule has 2 aromatic heterocycles. The lowest BCUT2D eigenvalue weighted by molar-refractivity contribution is 0.491. The molecule has 17 heavy (non-hydrogen) atoms. The van der Waals surface area contributed by atoms with Crippen LogP contribution in [-0.4, -0.2) is 11.5 Å². The third-order valence-corrected chi connectivity index (χ3v) is 2.65. The lowest BCUT2D eigenvalue weighted by Gasteiger charge is -2.05. The van der Waals surface area contributed by atoms with Crippen LogP contribution >= 0.6 is 15.9 Å². The van der Waals surface area contributed by atoms with E-state index in [-0.39, 0.29) is 0 Å². The van der Waals surface area contributed by atoms with Crippen molar-refractivity contribution in [3.8, 4) is 6.07 Å². The second-order valence-corrected chi connectivity index (χ2v) is 4.18. The van der Waals surface area contributed by atoms with E-state index in [1.807, 2.05) is 12.1 Å². The highest BCUT2D eigenvalue weighted by atomic mass is 79.9. The zero-order valence-electron chi connectivity index (χ0n) is 8.98. The van der Waals surface area contributed by atoms with Crippen molar-refractivity contribution in [3.63, 3.8) is 0 Å². The summed E-state index contributed by atoms with van der Waals surface area (Å²) in [6.45, 7) is 0.672. The number of hydrogen-bond donors (Lipinski definition) is 1. The summed E-state index contributed by atoms with van der Waals surface area (Å²) in [4.78, 5) is 4.11. The van der Waals surface area contributed by atoms with E-state index in [2.05, 4.69) is 32.3 Å². The quantitative estimate of drug-likeness (QED) is 0.941. The SMILES string of the molecule is N#Cc1cccnc1NCCc1ccc(Br)o1. The maximum Gasteiger partial charge on any atom is 0.169 e. The van der Waals surface area contributed by atoms with Crippen molar-refractivity contribution in [2.24, 2.45) is 0 Å². The maximum atomic E-state index is 8.88. The van der Waals surface area contributed by atoms with Gasteiger partial charge in [-0.25, -0.2) is 4.98 Å². The maximum absolute atomic E-state index is 8.88. The van der Waals surface area contributed by atoms with E-state index in [0.29, 0.717) is 17.9 Å². The van der Waals surface area contributed by atoms with Crippen LogP contribution in [0.5, 0.6) is 0 Å². The monoisotopic (exact) mass is 291 g/mol. The van der Waals surface area contributed by atoms with Gasteiger partial charge in [0.1, 0.15) is 17.6 Å². The van der Waals surface area contributed by atoms with Crippen molar-refractivity contribution in [3.05, 3.63) is 46.5 Å². The van der Waals surface area contributed by atoms with Crippen LogP contribution < -0.4 is 5.32 Å². The van der Waals surface area contributed by atoms with Gasteiger partial charge in [-0.15, -0.1) is 0 Å². The molecule has 0 spiro atoms. The van der Waals surface area contributed by atoms with Crippen molar-refractivity contribution in [2.45, 2.75) is 6.42 Å². The van der Waals surface area contributed by atoms with Crippen molar-refractivity contribution < 1.29 is 4.42 Å². The Morgan fingerprint density at radius 3 is 3.00 bits per heavy atom. The van der Waals surface area contributed by atoms with Gasteiger partial charge in [-0.2, -0.15) is 5.26 Å². The minimum atomic E-state index is 0.549. The van der Waals surface area contributed by atoms with Gasteiger partial charge in [0.2, 0.25) is 0 Å². The first-order chi connectivity index (χ1) is 8.29. The first-order valence-corrected chi connectivity index (χ1v) is 5.92. The molecule has 2 aromatic rings. The van der Waals surface area contributed by atoms with Crippen LogP contribution in [-0.2, 0) is 6.42 Å². The van der Waals surface area contributed by atoms with Gasteiger partial charge in [-0.3, -0.25) is 0 Å². The Balaban J connectivity index is 1.92. The van der Waals surface area contributed by atoms with E-state index in [1.165, 1.54) is 0 Å². The molecule has 0 bridgehead atoms. The normalized spacial score (nSPS) is 9.88. The number of anilines is 1. The Morgan fingerprint density at radius 2 is 2.29 bits per heavy atom. The molecule has 0 atom stereocenters. The molecule has 0 aliphatic carbocycles. The minimum Gasteiger partial charge on any atom is -0.454 e. The summed E-state index contributed by atoms with van der Waals surface area (Å²) < 4.78 is 6.09. The molecule has 0 unspecified atom stereocenters. The van der Waals surface area contributed by atoms with Gasteiger partial charge in [0.15, 0.2) is 4.67 Å². The molecule has 1 N–H and O–H groups in total. The molecule has 2 rings (SSSR count). The van der Waals surface area contributed by atoms with Crippen LogP contribution in [0.15, 0.2) is 39.5 Å². The second-order valence-electron chi connectivity index (χ2n) is 3.39. The number of nitrogens with one attached hydrogen (secondary N) is 1. The highest BCUT2D eigenvalue weighted by molar-refractivity contribution is 9.10. The number of nitriles is 1.